The summed E-state index contributed by atoms with van der Waals surface area (Å²) in [6.07, 6.45) is 4.63. The summed E-state index contributed by atoms with van der Waals surface area (Å²) in [6.45, 7) is 3.96. The van der Waals surface area contributed by atoms with E-state index in [4.69, 9.17) is 0 Å². The average Bonchev–Trinajstić information content (AvgIpc) is 2.79. The fraction of sp³-hybridized carbons (Fsp3) is 0.440. The Morgan fingerprint density at radius 3 is 1.27 bits per heavy atom. The van der Waals surface area contributed by atoms with Gasteiger partial charge in [-0.15, -0.1) is 0 Å². The molecule has 0 bridgehead atoms. The average molecular weight is 461 g/mol. The van der Waals surface area contributed by atoms with E-state index in [1.54, 1.807) is 0 Å². The number of Topliss-reactive ketones (excluding diaryl/α,β-unsaturated/α-hetero) is 2. The maximum Gasteiger partial charge on any atom is 0.201 e. The van der Waals surface area contributed by atoms with Crippen LogP contribution in [-0.4, -0.2) is 42.2 Å². The van der Waals surface area contributed by atoms with Gasteiger partial charge in [-0.25, -0.2) is 0 Å². The molecule has 2 rings (SSSR count). The van der Waals surface area contributed by atoms with Crippen LogP contribution in [0, 0.1) is 0 Å². The van der Waals surface area contributed by atoms with Crippen LogP contribution in [0.2, 0.25) is 0 Å². The molecule has 0 saturated carbocycles. The van der Waals surface area contributed by atoms with Crippen LogP contribution in [0.25, 0.3) is 0 Å². The number of carbonyl (C=O) groups excluding carboxylic acids is 2. The Kier molecular flexibility index (Phi) is 8.96. The van der Waals surface area contributed by atoms with Gasteiger partial charge in [-0.1, -0.05) is 39.5 Å². The fourth-order valence-electron chi connectivity index (χ4n) is 3.65. The SMILES string of the molecule is CCCCCC(=O)c1cc(Cc2cc(C(=O)CCCCC)c(O)c(O)c2O)c(O)c(O)c1O. The van der Waals surface area contributed by atoms with Gasteiger partial charge in [0.1, 0.15) is 0 Å². The van der Waals surface area contributed by atoms with E-state index >= 15 is 0 Å². The fourth-order valence-corrected chi connectivity index (χ4v) is 3.65. The summed E-state index contributed by atoms with van der Waals surface area (Å²) in [6, 6.07) is 2.43. The number of rotatable bonds is 12. The molecular formula is C25H32O8. The highest BCUT2D eigenvalue weighted by Crippen LogP contribution is 2.45. The molecule has 0 aliphatic heterocycles. The van der Waals surface area contributed by atoms with Gasteiger partial charge in [0.15, 0.2) is 34.6 Å². The van der Waals surface area contributed by atoms with E-state index in [2.05, 4.69) is 0 Å². The molecule has 0 saturated heterocycles. The van der Waals surface area contributed by atoms with Crippen molar-refractivity contribution in [2.24, 2.45) is 0 Å². The van der Waals surface area contributed by atoms with Crippen LogP contribution in [0.3, 0.4) is 0 Å². The second-order valence-corrected chi connectivity index (χ2v) is 8.20. The molecule has 2 aromatic rings. The first-order valence-corrected chi connectivity index (χ1v) is 11.2. The van der Waals surface area contributed by atoms with E-state index in [-0.39, 0.29) is 41.5 Å². The van der Waals surface area contributed by atoms with Gasteiger partial charge in [0, 0.05) is 30.4 Å². The first kappa shape index (κ1) is 25.8. The van der Waals surface area contributed by atoms with Crippen LogP contribution < -0.4 is 0 Å². The molecule has 0 radical (unpaired) electrons. The highest BCUT2D eigenvalue weighted by atomic mass is 16.3. The molecule has 8 heteroatoms. The largest absolute Gasteiger partial charge is 0.504 e. The standard InChI is InChI=1S/C25H32O8/c1-3-5-7-9-18(26)16-12-14(20(28)24(32)22(16)30)11-15-13-17(19(27)10-8-6-4-2)23(31)25(33)21(15)29/h12-13,28-33H,3-11H2,1-2H3. The zero-order valence-corrected chi connectivity index (χ0v) is 19.0. The minimum atomic E-state index is -0.871. The van der Waals surface area contributed by atoms with Gasteiger partial charge < -0.3 is 30.6 Å². The van der Waals surface area contributed by atoms with Crippen LogP contribution in [0.1, 0.15) is 97.1 Å². The van der Waals surface area contributed by atoms with E-state index in [0.717, 1.165) is 25.7 Å². The topological polar surface area (TPSA) is 156 Å². The Labute approximate surface area is 192 Å². The second-order valence-electron chi connectivity index (χ2n) is 8.20. The number of benzene rings is 2. The third-order valence-electron chi connectivity index (χ3n) is 5.65. The molecule has 33 heavy (non-hydrogen) atoms. The van der Waals surface area contributed by atoms with E-state index < -0.39 is 46.1 Å². The Balaban J connectivity index is 2.45. The lowest BCUT2D eigenvalue weighted by molar-refractivity contribution is 0.0967. The van der Waals surface area contributed by atoms with Crippen molar-refractivity contribution < 1.29 is 40.2 Å². The third kappa shape index (κ3) is 5.88. The van der Waals surface area contributed by atoms with Crippen molar-refractivity contribution in [1.29, 1.82) is 0 Å². The van der Waals surface area contributed by atoms with E-state index in [1.807, 2.05) is 13.8 Å². The molecule has 8 nitrogen and oxygen atoms in total. The number of ketones is 2. The molecule has 0 aliphatic carbocycles. The lowest BCUT2D eigenvalue weighted by atomic mass is 9.93. The minimum Gasteiger partial charge on any atom is -0.504 e. The predicted molar refractivity (Wildman–Crippen MR) is 123 cm³/mol. The Morgan fingerprint density at radius 1 is 0.576 bits per heavy atom. The summed E-state index contributed by atoms with van der Waals surface area (Å²) in [7, 11) is 0. The lowest BCUT2D eigenvalue weighted by Gasteiger charge is -2.15. The molecule has 6 N–H and O–H groups in total. The van der Waals surface area contributed by atoms with Crippen molar-refractivity contribution in [2.75, 3.05) is 0 Å². The van der Waals surface area contributed by atoms with E-state index in [0.29, 0.717) is 12.8 Å². The zero-order valence-electron chi connectivity index (χ0n) is 19.0. The number of hydrogen-bond acceptors (Lipinski definition) is 8. The molecule has 0 spiro atoms. The van der Waals surface area contributed by atoms with Gasteiger partial charge in [-0.2, -0.15) is 0 Å². The quantitative estimate of drug-likeness (QED) is 0.146. The number of aromatic hydroxyl groups is 6. The molecule has 0 atom stereocenters. The molecule has 0 heterocycles. The molecule has 180 valence electrons. The maximum atomic E-state index is 12.5. The maximum absolute atomic E-state index is 12.5. The van der Waals surface area contributed by atoms with Crippen molar-refractivity contribution in [3.63, 3.8) is 0 Å². The number of phenolic OH excluding ortho intramolecular Hbond substituents is 6. The van der Waals surface area contributed by atoms with Crippen LogP contribution in [0.15, 0.2) is 12.1 Å². The summed E-state index contributed by atoms with van der Waals surface area (Å²) in [5.74, 6) is -5.43. The highest BCUT2D eigenvalue weighted by molar-refractivity contribution is 6.01. The van der Waals surface area contributed by atoms with E-state index in [1.165, 1.54) is 12.1 Å². The van der Waals surface area contributed by atoms with Crippen LogP contribution in [-0.2, 0) is 6.42 Å². The molecule has 0 amide bonds. The molecule has 0 unspecified atom stereocenters. The van der Waals surface area contributed by atoms with Gasteiger partial charge >= 0.3 is 0 Å². The molecule has 2 aromatic carbocycles. The van der Waals surface area contributed by atoms with Gasteiger partial charge in [0.2, 0.25) is 11.5 Å². The summed E-state index contributed by atoms with van der Waals surface area (Å²) >= 11 is 0. The van der Waals surface area contributed by atoms with Gasteiger partial charge in [0.05, 0.1) is 11.1 Å². The first-order chi connectivity index (χ1) is 15.6. The molecular weight excluding hydrogens is 428 g/mol. The van der Waals surface area contributed by atoms with Gasteiger partial charge in [-0.3, -0.25) is 9.59 Å². The smallest absolute Gasteiger partial charge is 0.201 e. The van der Waals surface area contributed by atoms with Crippen LogP contribution in [0.5, 0.6) is 34.5 Å². The van der Waals surface area contributed by atoms with Crippen LogP contribution in [0.4, 0.5) is 0 Å². The second kappa shape index (κ2) is 11.4. The van der Waals surface area contributed by atoms with Gasteiger partial charge in [0.25, 0.3) is 0 Å². The number of hydrogen-bond donors (Lipinski definition) is 6. The van der Waals surface area contributed by atoms with Gasteiger partial charge in [-0.05, 0) is 25.0 Å². The number of phenols is 6. The molecule has 0 aromatic heterocycles. The normalized spacial score (nSPS) is 11.0. The third-order valence-corrected chi connectivity index (χ3v) is 5.65. The summed E-state index contributed by atoms with van der Waals surface area (Å²) in [5, 5.41) is 61.2. The van der Waals surface area contributed by atoms with Crippen molar-refractivity contribution in [1.82, 2.24) is 0 Å². The summed E-state index contributed by atoms with van der Waals surface area (Å²) < 4.78 is 0. The van der Waals surface area contributed by atoms with Crippen LogP contribution >= 0.6 is 0 Å². The van der Waals surface area contributed by atoms with Crippen molar-refractivity contribution >= 4 is 11.6 Å². The lowest BCUT2D eigenvalue weighted by Crippen LogP contribution is -2.04. The monoisotopic (exact) mass is 460 g/mol. The van der Waals surface area contributed by atoms with Crippen molar-refractivity contribution in [3.05, 3.63) is 34.4 Å². The summed E-state index contributed by atoms with van der Waals surface area (Å²) in [4.78, 5) is 25.0. The highest BCUT2D eigenvalue weighted by Gasteiger charge is 2.25. The van der Waals surface area contributed by atoms with E-state index in [9.17, 15) is 40.2 Å². The zero-order chi connectivity index (χ0) is 24.7. The minimum absolute atomic E-state index is 0.00564. The van der Waals surface area contributed by atoms with Crippen molar-refractivity contribution in [3.8, 4) is 34.5 Å². The Hall–Kier alpha value is -3.42. The Bertz CT molecular complexity index is 945. The predicted octanol–water partition coefficient (Wildman–Crippen LogP) is 5.04. The number of carbonyl (C=O) groups is 2. The van der Waals surface area contributed by atoms with Crippen molar-refractivity contribution in [2.45, 2.75) is 71.6 Å². The molecule has 0 aliphatic rings. The summed E-state index contributed by atoms with van der Waals surface area (Å²) in [5.41, 5.74) is -0.354. The first-order valence-electron chi connectivity index (χ1n) is 11.2. The molecule has 0 fully saturated rings. The Morgan fingerprint density at radius 2 is 0.939 bits per heavy atom. The number of unbranched alkanes of at least 4 members (excludes halogenated alkanes) is 4.